The van der Waals surface area contributed by atoms with E-state index in [1.54, 1.807) is 13.8 Å². The molecule has 15 nitrogen and oxygen atoms in total. The molecule has 35 heavy (non-hydrogen) atoms. The molecule has 0 radical (unpaired) electrons. The molecular weight excluding hydrogens is 460 g/mol. The van der Waals surface area contributed by atoms with Crippen molar-refractivity contribution in [3.8, 4) is 0 Å². The van der Waals surface area contributed by atoms with Crippen molar-refractivity contribution < 1.29 is 24.3 Å². The highest BCUT2D eigenvalue weighted by Gasteiger charge is 2.27. The third-order valence-corrected chi connectivity index (χ3v) is 5.10. The van der Waals surface area contributed by atoms with Crippen LogP contribution < -0.4 is 44.6 Å². The summed E-state index contributed by atoms with van der Waals surface area (Å²) in [7, 11) is 0. The smallest absolute Gasteiger partial charge is 0.326 e. The van der Waals surface area contributed by atoms with E-state index in [0.29, 0.717) is 25.8 Å². The Balaban J connectivity index is 5.02. The summed E-state index contributed by atoms with van der Waals surface area (Å²) in [5.41, 5.74) is 27.0. The first-order chi connectivity index (χ1) is 16.4. The minimum absolute atomic E-state index is 0.0663. The summed E-state index contributed by atoms with van der Waals surface area (Å²) in [6.45, 7) is 3.55. The van der Waals surface area contributed by atoms with Crippen LogP contribution in [0.15, 0.2) is 9.98 Å². The van der Waals surface area contributed by atoms with Crippen LogP contribution >= 0.6 is 0 Å². The Kier molecular flexibility index (Phi) is 15.2. The maximum atomic E-state index is 12.7. The van der Waals surface area contributed by atoms with Gasteiger partial charge in [0.15, 0.2) is 11.9 Å². The van der Waals surface area contributed by atoms with E-state index in [-0.39, 0.29) is 37.2 Å². The SMILES string of the molecule is CCC(C)C(NC(=O)CNC(=O)C(CCCN=C(N)N)NC(=O)C(N)CCCN=C(N)N)C(=O)O. The van der Waals surface area contributed by atoms with Gasteiger partial charge in [0.05, 0.1) is 12.6 Å². The molecule has 0 aliphatic carbocycles. The number of nitrogens with one attached hydrogen (secondary N) is 3. The molecule has 4 atom stereocenters. The lowest BCUT2D eigenvalue weighted by Gasteiger charge is -2.22. The predicted molar refractivity (Wildman–Crippen MR) is 132 cm³/mol. The highest BCUT2D eigenvalue weighted by atomic mass is 16.4. The zero-order valence-electron chi connectivity index (χ0n) is 20.3. The van der Waals surface area contributed by atoms with Crippen molar-refractivity contribution in [1.82, 2.24) is 16.0 Å². The largest absolute Gasteiger partial charge is 0.480 e. The number of carboxylic acid groups (broad SMARTS) is 1. The summed E-state index contributed by atoms with van der Waals surface area (Å²) in [6.07, 6.45) is 1.80. The number of hydrogen-bond acceptors (Lipinski definition) is 7. The number of guanidine groups is 2. The zero-order chi connectivity index (χ0) is 27.0. The van der Waals surface area contributed by atoms with Gasteiger partial charge in [0.2, 0.25) is 17.7 Å². The van der Waals surface area contributed by atoms with Gasteiger partial charge in [-0.25, -0.2) is 4.79 Å². The molecule has 15 heteroatoms. The number of carbonyl (C=O) groups is 4. The molecule has 0 aliphatic rings. The van der Waals surface area contributed by atoms with Crippen molar-refractivity contribution in [3.63, 3.8) is 0 Å². The van der Waals surface area contributed by atoms with Crippen molar-refractivity contribution >= 4 is 35.6 Å². The molecule has 0 aliphatic heterocycles. The van der Waals surface area contributed by atoms with Crippen molar-refractivity contribution in [1.29, 1.82) is 0 Å². The van der Waals surface area contributed by atoms with Crippen LogP contribution in [-0.2, 0) is 19.2 Å². The van der Waals surface area contributed by atoms with Gasteiger partial charge >= 0.3 is 5.97 Å². The molecule has 0 aromatic heterocycles. The minimum Gasteiger partial charge on any atom is -0.480 e. The summed E-state index contributed by atoms with van der Waals surface area (Å²) in [5, 5.41) is 16.7. The van der Waals surface area contributed by atoms with Gasteiger partial charge in [0.25, 0.3) is 0 Å². The monoisotopic (exact) mass is 500 g/mol. The standard InChI is InChI=1S/C20H40N10O5/c1-3-11(2)15(18(34)35)30-14(31)10-28-17(33)13(7-5-9-27-20(24)25)29-16(32)12(21)6-4-8-26-19(22)23/h11-13,15H,3-10,21H2,1-2H3,(H,28,33)(H,29,32)(H,30,31)(H,34,35)(H4,22,23,26)(H4,24,25,27). The second-order valence-electron chi connectivity index (χ2n) is 8.05. The number of rotatable bonds is 17. The molecule has 200 valence electrons. The quantitative estimate of drug-likeness (QED) is 0.0543. The highest BCUT2D eigenvalue weighted by molar-refractivity contribution is 5.92. The summed E-state index contributed by atoms with van der Waals surface area (Å²) in [6, 6.07) is -3.01. The number of aliphatic carboxylic acids is 1. The number of carbonyl (C=O) groups excluding carboxylic acids is 3. The van der Waals surface area contributed by atoms with Crippen LogP contribution in [0.5, 0.6) is 0 Å². The average Bonchev–Trinajstić information content (AvgIpc) is 2.79. The summed E-state index contributed by atoms with van der Waals surface area (Å²) in [5.74, 6) is -3.52. The van der Waals surface area contributed by atoms with E-state index in [4.69, 9.17) is 28.7 Å². The molecule has 0 heterocycles. The van der Waals surface area contributed by atoms with E-state index in [0.717, 1.165) is 0 Å². The normalized spacial score (nSPS) is 13.9. The Morgan fingerprint density at radius 2 is 1.43 bits per heavy atom. The maximum Gasteiger partial charge on any atom is 0.326 e. The first kappa shape index (κ1) is 31.4. The number of nitrogens with zero attached hydrogens (tertiary/aromatic N) is 2. The van der Waals surface area contributed by atoms with Gasteiger partial charge in [-0.05, 0) is 31.6 Å². The second-order valence-corrected chi connectivity index (χ2v) is 8.05. The molecule has 0 rings (SSSR count). The van der Waals surface area contributed by atoms with Crippen LogP contribution in [-0.4, -0.2) is 78.5 Å². The lowest BCUT2D eigenvalue weighted by molar-refractivity contribution is -0.143. The van der Waals surface area contributed by atoms with Gasteiger partial charge < -0.3 is 49.7 Å². The molecular formula is C20H40N10O5. The minimum atomic E-state index is -1.17. The fourth-order valence-electron chi connectivity index (χ4n) is 2.90. The first-order valence-electron chi connectivity index (χ1n) is 11.4. The fourth-order valence-corrected chi connectivity index (χ4v) is 2.90. The predicted octanol–water partition coefficient (Wildman–Crippen LogP) is -3.36. The molecule has 4 unspecified atom stereocenters. The van der Waals surface area contributed by atoms with E-state index < -0.39 is 48.4 Å². The van der Waals surface area contributed by atoms with Crippen molar-refractivity contribution in [2.45, 2.75) is 64.1 Å². The van der Waals surface area contributed by atoms with Gasteiger partial charge in [0, 0.05) is 13.1 Å². The molecule has 0 fully saturated rings. The molecule has 0 bridgehead atoms. The van der Waals surface area contributed by atoms with Crippen LogP contribution in [0, 0.1) is 5.92 Å². The molecule has 3 amide bonds. The summed E-state index contributed by atoms with van der Waals surface area (Å²) in [4.78, 5) is 56.4. The van der Waals surface area contributed by atoms with Gasteiger partial charge in [0.1, 0.15) is 12.1 Å². The third kappa shape index (κ3) is 14.3. The van der Waals surface area contributed by atoms with Crippen molar-refractivity contribution in [2.24, 2.45) is 44.6 Å². The Labute approximate surface area is 204 Å². The fraction of sp³-hybridized carbons (Fsp3) is 0.700. The van der Waals surface area contributed by atoms with Gasteiger partial charge in [-0.2, -0.15) is 0 Å². The lowest BCUT2D eigenvalue weighted by atomic mass is 9.99. The van der Waals surface area contributed by atoms with Crippen LogP contribution in [0.3, 0.4) is 0 Å². The van der Waals surface area contributed by atoms with Crippen LogP contribution in [0.25, 0.3) is 0 Å². The Morgan fingerprint density at radius 3 is 1.91 bits per heavy atom. The van der Waals surface area contributed by atoms with E-state index in [1.165, 1.54) is 0 Å². The summed E-state index contributed by atoms with van der Waals surface area (Å²) < 4.78 is 0. The van der Waals surface area contributed by atoms with Crippen molar-refractivity contribution in [2.75, 3.05) is 19.6 Å². The van der Waals surface area contributed by atoms with E-state index in [2.05, 4.69) is 25.9 Å². The van der Waals surface area contributed by atoms with E-state index >= 15 is 0 Å². The number of amides is 3. The molecule has 0 spiro atoms. The molecule has 14 N–H and O–H groups in total. The number of carboxylic acids is 1. The zero-order valence-corrected chi connectivity index (χ0v) is 20.3. The Morgan fingerprint density at radius 1 is 0.886 bits per heavy atom. The second kappa shape index (κ2) is 16.9. The van der Waals surface area contributed by atoms with Gasteiger partial charge in [-0.3, -0.25) is 24.4 Å². The van der Waals surface area contributed by atoms with Gasteiger partial charge in [-0.15, -0.1) is 0 Å². The van der Waals surface area contributed by atoms with Gasteiger partial charge in [-0.1, -0.05) is 20.3 Å². The maximum absolute atomic E-state index is 12.7. The highest BCUT2D eigenvalue weighted by Crippen LogP contribution is 2.07. The summed E-state index contributed by atoms with van der Waals surface area (Å²) >= 11 is 0. The van der Waals surface area contributed by atoms with Crippen LogP contribution in [0.4, 0.5) is 0 Å². The van der Waals surface area contributed by atoms with Crippen LogP contribution in [0.2, 0.25) is 0 Å². The number of aliphatic imine (C=N–C) groups is 2. The molecule has 0 aromatic carbocycles. The third-order valence-electron chi connectivity index (χ3n) is 5.10. The van der Waals surface area contributed by atoms with Crippen LogP contribution in [0.1, 0.15) is 46.0 Å². The number of hydrogen-bond donors (Lipinski definition) is 9. The lowest BCUT2D eigenvalue weighted by Crippen LogP contribution is -2.54. The average molecular weight is 501 g/mol. The van der Waals surface area contributed by atoms with E-state index in [1.807, 2.05) is 0 Å². The Bertz CT molecular complexity index is 765. The molecule has 0 aromatic rings. The molecule has 0 saturated carbocycles. The van der Waals surface area contributed by atoms with Crippen molar-refractivity contribution in [3.05, 3.63) is 0 Å². The Hall–Kier alpha value is -3.62. The number of nitrogens with two attached hydrogens (primary N) is 5. The van der Waals surface area contributed by atoms with E-state index in [9.17, 15) is 24.3 Å². The topological polar surface area (TPSA) is 279 Å². The molecule has 0 saturated heterocycles. The first-order valence-corrected chi connectivity index (χ1v) is 11.4.